The lowest BCUT2D eigenvalue weighted by Gasteiger charge is -2.05. The molecule has 6 heteroatoms. The van der Waals surface area contributed by atoms with E-state index in [9.17, 15) is 14.3 Å². The molecule has 1 heterocycles. The molecule has 0 unspecified atom stereocenters. The van der Waals surface area contributed by atoms with Gasteiger partial charge in [-0.25, -0.2) is 4.39 Å². The highest BCUT2D eigenvalue weighted by Crippen LogP contribution is 2.23. The van der Waals surface area contributed by atoms with Crippen LogP contribution in [-0.2, 0) is 6.54 Å². The van der Waals surface area contributed by atoms with Gasteiger partial charge in [0.2, 0.25) is 5.88 Å². The van der Waals surface area contributed by atoms with Crippen molar-refractivity contribution in [3.05, 3.63) is 46.3 Å². The Hall–Kier alpha value is -2.21. The zero-order valence-electron chi connectivity index (χ0n) is 9.70. The lowest BCUT2D eigenvalue weighted by atomic mass is 10.1. The van der Waals surface area contributed by atoms with Gasteiger partial charge in [-0.05, 0) is 24.7 Å². The number of aromatic nitrogens is 2. The largest absolute Gasteiger partial charge is 0.493 e. The van der Waals surface area contributed by atoms with E-state index in [-0.39, 0.29) is 11.1 Å². The van der Waals surface area contributed by atoms with Gasteiger partial charge in [0.05, 0.1) is 6.54 Å². The third-order valence-electron chi connectivity index (χ3n) is 2.41. The topological polar surface area (TPSA) is 78.0 Å². The molecule has 2 aromatic rings. The van der Waals surface area contributed by atoms with Crippen LogP contribution in [0.25, 0.3) is 11.1 Å². The van der Waals surface area contributed by atoms with Crippen LogP contribution in [0.1, 0.15) is 5.82 Å². The Labute approximate surface area is 102 Å². The lowest BCUT2D eigenvalue weighted by Crippen LogP contribution is -2.18. The van der Waals surface area contributed by atoms with Crippen molar-refractivity contribution in [1.29, 1.82) is 0 Å². The highest BCUT2D eigenvalue weighted by Gasteiger charge is 2.13. The smallest absolute Gasteiger partial charge is 0.262 e. The van der Waals surface area contributed by atoms with Crippen molar-refractivity contribution in [1.82, 2.24) is 15.3 Å². The van der Waals surface area contributed by atoms with Crippen molar-refractivity contribution in [3.63, 3.8) is 0 Å². The summed E-state index contributed by atoms with van der Waals surface area (Å²) in [5.41, 5.74) is -0.245. The Morgan fingerprint density at radius 1 is 1.50 bits per heavy atom. The minimum Gasteiger partial charge on any atom is -0.493 e. The van der Waals surface area contributed by atoms with E-state index >= 15 is 0 Å². The number of aromatic amines is 1. The maximum Gasteiger partial charge on any atom is 0.262 e. The normalized spacial score (nSPS) is 10.6. The van der Waals surface area contributed by atoms with E-state index in [1.807, 2.05) is 0 Å². The Balaban J connectivity index is 2.55. The molecule has 0 fully saturated rings. The summed E-state index contributed by atoms with van der Waals surface area (Å²) in [4.78, 5) is 18.2. The molecule has 94 valence electrons. The maximum absolute atomic E-state index is 13.1. The number of nitrogens with one attached hydrogen (secondary N) is 2. The average Bonchev–Trinajstić information content (AvgIpc) is 2.28. The van der Waals surface area contributed by atoms with Gasteiger partial charge in [0, 0.05) is 0 Å². The number of nitrogens with zero attached hydrogens (tertiary/aromatic N) is 1. The number of halogens is 1. The second-order valence-electron chi connectivity index (χ2n) is 3.75. The van der Waals surface area contributed by atoms with Gasteiger partial charge in [0.25, 0.3) is 5.56 Å². The minimum atomic E-state index is -0.502. The standard InChI is InChI=1S/C12H12FN3O2/c1-14-6-9-15-11(17)10(12(18)16-9)7-3-2-4-8(13)5-7/h2-5,14H,6H2,1H3,(H2,15,16,17,18). The summed E-state index contributed by atoms with van der Waals surface area (Å²) >= 11 is 0. The van der Waals surface area contributed by atoms with Gasteiger partial charge in [-0.3, -0.25) is 4.79 Å². The van der Waals surface area contributed by atoms with Crippen molar-refractivity contribution in [2.45, 2.75) is 6.54 Å². The second-order valence-corrected chi connectivity index (χ2v) is 3.75. The summed E-state index contributed by atoms with van der Waals surface area (Å²) in [7, 11) is 1.69. The number of rotatable bonds is 3. The molecule has 5 nitrogen and oxygen atoms in total. The third-order valence-corrected chi connectivity index (χ3v) is 2.41. The molecule has 0 aliphatic rings. The summed E-state index contributed by atoms with van der Waals surface area (Å²) in [6.07, 6.45) is 0. The summed E-state index contributed by atoms with van der Waals surface area (Å²) in [6, 6.07) is 5.43. The summed E-state index contributed by atoms with van der Waals surface area (Å²) in [6.45, 7) is 0.326. The van der Waals surface area contributed by atoms with Gasteiger partial charge in [0.15, 0.2) is 0 Å². The Morgan fingerprint density at radius 2 is 2.28 bits per heavy atom. The van der Waals surface area contributed by atoms with Gasteiger partial charge >= 0.3 is 0 Å². The van der Waals surface area contributed by atoms with E-state index in [1.165, 1.54) is 24.3 Å². The van der Waals surface area contributed by atoms with E-state index < -0.39 is 17.3 Å². The zero-order chi connectivity index (χ0) is 13.1. The summed E-state index contributed by atoms with van der Waals surface area (Å²) in [5, 5.41) is 12.6. The number of aromatic hydroxyl groups is 1. The number of hydrogen-bond acceptors (Lipinski definition) is 4. The third kappa shape index (κ3) is 2.38. The first-order valence-corrected chi connectivity index (χ1v) is 5.34. The van der Waals surface area contributed by atoms with E-state index in [4.69, 9.17) is 0 Å². The summed E-state index contributed by atoms with van der Waals surface area (Å²) < 4.78 is 13.1. The van der Waals surface area contributed by atoms with Crippen molar-refractivity contribution in [3.8, 4) is 17.0 Å². The fourth-order valence-electron chi connectivity index (χ4n) is 1.66. The fourth-order valence-corrected chi connectivity index (χ4v) is 1.66. The number of hydrogen-bond donors (Lipinski definition) is 3. The van der Waals surface area contributed by atoms with Crippen LogP contribution >= 0.6 is 0 Å². The average molecular weight is 249 g/mol. The Bertz CT molecular complexity index is 625. The molecule has 18 heavy (non-hydrogen) atoms. The van der Waals surface area contributed by atoms with Crippen molar-refractivity contribution < 1.29 is 9.50 Å². The zero-order valence-corrected chi connectivity index (χ0v) is 9.70. The number of H-pyrrole nitrogens is 1. The van der Waals surface area contributed by atoms with Crippen LogP contribution in [0.5, 0.6) is 5.88 Å². The SMILES string of the molecule is CNCc1nc(O)c(-c2cccc(F)c2)c(=O)[nH]1. The Kier molecular flexibility index (Phi) is 3.38. The van der Waals surface area contributed by atoms with Gasteiger partial charge < -0.3 is 15.4 Å². The Morgan fingerprint density at radius 3 is 2.89 bits per heavy atom. The molecule has 0 spiro atoms. The molecule has 0 aliphatic carbocycles. The van der Waals surface area contributed by atoms with E-state index in [0.29, 0.717) is 12.4 Å². The molecular formula is C12H12FN3O2. The molecule has 0 amide bonds. The fraction of sp³-hybridized carbons (Fsp3) is 0.167. The molecular weight excluding hydrogens is 237 g/mol. The molecule has 0 radical (unpaired) electrons. The maximum atomic E-state index is 13.1. The minimum absolute atomic E-state index is 0.0330. The predicted molar refractivity (Wildman–Crippen MR) is 64.7 cm³/mol. The van der Waals surface area contributed by atoms with Crippen LogP contribution in [0.15, 0.2) is 29.1 Å². The monoisotopic (exact) mass is 249 g/mol. The van der Waals surface area contributed by atoms with E-state index in [0.717, 1.165) is 0 Å². The molecule has 0 saturated heterocycles. The van der Waals surface area contributed by atoms with Crippen LogP contribution < -0.4 is 10.9 Å². The molecule has 2 rings (SSSR count). The van der Waals surface area contributed by atoms with E-state index in [2.05, 4.69) is 15.3 Å². The van der Waals surface area contributed by atoms with Gasteiger partial charge in [-0.2, -0.15) is 4.98 Å². The van der Waals surface area contributed by atoms with E-state index in [1.54, 1.807) is 7.05 Å². The summed E-state index contributed by atoms with van der Waals surface area (Å²) in [5.74, 6) is -0.569. The first kappa shape index (κ1) is 12.3. The highest BCUT2D eigenvalue weighted by molar-refractivity contribution is 5.67. The van der Waals surface area contributed by atoms with Gasteiger partial charge in [0.1, 0.15) is 17.2 Å². The highest BCUT2D eigenvalue weighted by atomic mass is 19.1. The number of benzene rings is 1. The van der Waals surface area contributed by atoms with Crippen molar-refractivity contribution >= 4 is 0 Å². The molecule has 1 aromatic carbocycles. The molecule has 1 aromatic heterocycles. The van der Waals surface area contributed by atoms with Gasteiger partial charge in [-0.15, -0.1) is 0 Å². The van der Waals surface area contributed by atoms with Crippen LogP contribution in [0, 0.1) is 5.82 Å². The van der Waals surface area contributed by atoms with Crippen LogP contribution in [-0.4, -0.2) is 22.1 Å². The second kappa shape index (κ2) is 4.97. The molecule has 0 aliphatic heterocycles. The lowest BCUT2D eigenvalue weighted by molar-refractivity contribution is 0.449. The first-order valence-electron chi connectivity index (χ1n) is 5.34. The predicted octanol–water partition coefficient (Wildman–Crippen LogP) is 1.00. The molecule has 0 bridgehead atoms. The van der Waals surface area contributed by atoms with Crippen LogP contribution in [0.2, 0.25) is 0 Å². The van der Waals surface area contributed by atoms with Crippen molar-refractivity contribution in [2.75, 3.05) is 7.05 Å². The van der Waals surface area contributed by atoms with Gasteiger partial charge in [-0.1, -0.05) is 12.1 Å². The first-order chi connectivity index (χ1) is 8.61. The molecule has 0 atom stereocenters. The molecule has 0 saturated carbocycles. The quantitative estimate of drug-likeness (QED) is 0.758. The molecule has 3 N–H and O–H groups in total. The van der Waals surface area contributed by atoms with Crippen LogP contribution in [0.4, 0.5) is 4.39 Å². The van der Waals surface area contributed by atoms with Crippen molar-refractivity contribution in [2.24, 2.45) is 0 Å². The van der Waals surface area contributed by atoms with Crippen LogP contribution in [0.3, 0.4) is 0 Å².